The molecule has 0 radical (unpaired) electrons. The average Bonchev–Trinajstić information content (AvgIpc) is 2.78. The molecule has 18 heavy (non-hydrogen) atoms. The van der Waals surface area contributed by atoms with Crippen molar-refractivity contribution in [3.05, 3.63) is 29.6 Å². The third kappa shape index (κ3) is 2.46. The summed E-state index contributed by atoms with van der Waals surface area (Å²) in [5.74, 6) is -0.500. The molecule has 0 saturated heterocycles. The van der Waals surface area contributed by atoms with Gasteiger partial charge in [0.1, 0.15) is 17.4 Å². The molecule has 1 fully saturated rings. The molecule has 1 aliphatic carbocycles. The lowest BCUT2D eigenvalue weighted by Crippen LogP contribution is -2.36. The lowest BCUT2D eigenvalue weighted by molar-refractivity contribution is 0.249. The minimum Gasteiger partial charge on any atom is -0.396 e. The number of hydrogen-bond acceptors (Lipinski definition) is 3. The first-order chi connectivity index (χ1) is 8.71. The summed E-state index contributed by atoms with van der Waals surface area (Å²) in [4.78, 5) is 0. The molecule has 0 amide bonds. The van der Waals surface area contributed by atoms with Gasteiger partial charge in [-0.15, -0.1) is 0 Å². The van der Waals surface area contributed by atoms with Gasteiger partial charge >= 0.3 is 0 Å². The van der Waals surface area contributed by atoms with Crippen LogP contribution < -0.4 is 5.32 Å². The predicted molar refractivity (Wildman–Crippen MR) is 67.6 cm³/mol. The molecule has 2 rings (SSSR count). The summed E-state index contributed by atoms with van der Waals surface area (Å²) >= 11 is 0. The van der Waals surface area contributed by atoms with Crippen molar-refractivity contribution in [3.63, 3.8) is 0 Å². The summed E-state index contributed by atoms with van der Waals surface area (Å²) in [7, 11) is 0. The van der Waals surface area contributed by atoms with Crippen LogP contribution >= 0.6 is 0 Å². The van der Waals surface area contributed by atoms with E-state index in [0.717, 1.165) is 25.7 Å². The predicted octanol–water partition coefficient (Wildman–Crippen LogP) is 2.80. The quantitative estimate of drug-likeness (QED) is 0.861. The zero-order valence-corrected chi connectivity index (χ0v) is 10.2. The summed E-state index contributed by atoms with van der Waals surface area (Å²) in [6.07, 6.45) is 4.74. The Labute approximate surface area is 106 Å². The van der Waals surface area contributed by atoms with Crippen molar-refractivity contribution in [2.24, 2.45) is 0 Å². The van der Waals surface area contributed by atoms with Crippen LogP contribution in [0.15, 0.2) is 18.2 Å². The molecule has 0 aromatic heterocycles. The maximum atomic E-state index is 13.5. The number of anilines is 1. The number of rotatable bonds is 4. The van der Waals surface area contributed by atoms with Crippen LogP contribution in [0.3, 0.4) is 0 Å². The van der Waals surface area contributed by atoms with Crippen LogP contribution in [0.4, 0.5) is 10.1 Å². The maximum Gasteiger partial charge on any atom is 0.143 e. The fraction of sp³-hybridized carbons (Fsp3) is 0.500. The minimum atomic E-state index is -0.500. The van der Waals surface area contributed by atoms with Crippen LogP contribution in [0.25, 0.3) is 0 Å². The van der Waals surface area contributed by atoms with Gasteiger partial charge in [-0.3, -0.25) is 0 Å². The highest BCUT2D eigenvalue weighted by atomic mass is 19.1. The molecule has 2 N–H and O–H groups in total. The van der Waals surface area contributed by atoms with Crippen molar-refractivity contribution in [1.29, 1.82) is 5.26 Å². The van der Waals surface area contributed by atoms with E-state index in [4.69, 9.17) is 5.26 Å². The van der Waals surface area contributed by atoms with Gasteiger partial charge in [0.15, 0.2) is 0 Å². The van der Waals surface area contributed by atoms with Crippen molar-refractivity contribution < 1.29 is 9.50 Å². The Morgan fingerprint density at radius 1 is 1.39 bits per heavy atom. The Bertz CT molecular complexity index is 461. The Morgan fingerprint density at radius 2 is 2.11 bits per heavy atom. The number of nitriles is 1. The SMILES string of the molecule is N#Cc1c(F)cccc1NC1(CCO)CCCC1. The molecule has 1 aromatic rings. The highest BCUT2D eigenvalue weighted by Crippen LogP contribution is 2.36. The normalized spacial score (nSPS) is 17.4. The first-order valence-electron chi connectivity index (χ1n) is 6.28. The average molecular weight is 248 g/mol. The number of aliphatic hydroxyl groups is 1. The van der Waals surface area contributed by atoms with Crippen LogP contribution in [0.1, 0.15) is 37.7 Å². The van der Waals surface area contributed by atoms with E-state index >= 15 is 0 Å². The summed E-state index contributed by atoms with van der Waals surface area (Å²) < 4.78 is 13.5. The zero-order valence-electron chi connectivity index (χ0n) is 10.2. The third-order valence-corrected chi connectivity index (χ3v) is 3.68. The van der Waals surface area contributed by atoms with Crippen LogP contribution in [0.5, 0.6) is 0 Å². The molecule has 0 heterocycles. The lowest BCUT2D eigenvalue weighted by atomic mass is 9.92. The molecule has 96 valence electrons. The highest BCUT2D eigenvalue weighted by Gasteiger charge is 2.33. The van der Waals surface area contributed by atoms with E-state index in [9.17, 15) is 9.50 Å². The largest absolute Gasteiger partial charge is 0.396 e. The number of aliphatic hydroxyl groups excluding tert-OH is 1. The van der Waals surface area contributed by atoms with Crippen molar-refractivity contribution in [3.8, 4) is 6.07 Å². The fourth-order valence-corrected chi connectivity index (χ4v) is 2.73. The van der Waals surface area contributed by atoms with Crippen molar-refractivity contribution in [1.82, 2.24) is 0 Å². The van der Waals surface area contributed by atoms with Gasteiger partial charge in [-0.05, 0) is 31.4 Å². The van der Waals surface area contributed by atoms with Gasteiger partial charge < -0.3 is 10.4 Å². The fourth-order valence-electron chi connectivity index (χ4n) is 2.73. The van der Waals surface area contributed by atoms with Gasteiger partial charge in [-0.25, -0.2) is 4.39 Å². The highest BCUT2D eigenvalue weighted by molar-refractivity contribution is 5.59. The van der Waals surface area contributed by atoms with Gasteiger partial charge in [0, 0.05) is 12.1 Å². The molecule has 0 spiro atoms. The molecule has 3 nitrogen and oxygen atoms in total. The Morgan fingerprint density at radius 3 is 2.72 bits per heavy atom. The first-order valence-corrected chi connectivity index (χ1v) is 6.28. The van der Waals surface area contributed by atoms with Gasteiger partial charge in [-0.1, -0.05) is 18.9 Å². The number of nitrogens with one attached hydrogen (secondary N) is 1. The molecule has 1 saturated carbocycles. The lowest BCUT2D eigenvalue weighted by Gasteiger charge is -2.31. The van der Waals surface area contributed by atoms with Crippen LogP contribution in [0, 0.1) is 17.1 Å². The molecule has 4 heteroatoms. The van der Waals surface area contributed by atoms with Gasteiger partial charge in [0.2, 0.25) is 0 Å². The molecule has 0 unspecified atom stereocenters. The van der Waals surface area contributed by atoms with Gasteiger partial charge in [-0.2, -0.15) is 5.26 Å². The van der Waals surface area contributed by atoms with Crippen LogP contribution in [-0.2, 0) is 0 Å². The monoisotopic (exact) mass is 248 g/mol. The van der Waals surface area contributed by atoms with Gasteiger partial charge in [0.25, 0.3) is 0 Å². The van der Waals surface area contributed by atoms with Crippen LogP contribution in [-0.4, -0.2) is 17.3 Å². The van der Waals surface area contributed by atoms with E-state index in [-0.39, 0.29) is 17.7 Å². The third-order valence-electron chi connectivity index (χ3n) is 3.68. The minimum absolute atomic E-state index is 0.0571. The van der Waals surface area contributed by atoms with E-state index in [1.54, 1.807) is 12.1 Å². The summed E-state index contributed by atoms with van der Waals surface area (Å²) in [5, 5.41) is 21.5. The molecule has 0 aliphatic heterocycles. The molecule has 1 aliphatic rings. The summed E-state index contributed by atoms with van der Waals surface area (Å²) in [6, 6.07) is 6.50. The van der Waals surface area contributed by atoms with E-state index in [0.29, 0.717) is 12.1 Å². The van der Waals surface area contributed by atoms with E-state index in [2.05, 4.69) is 5.32 Å². The summed E-state index contributed by atoms with van der Waals surface area (Å²) in [5.41, 5.74) is 0.406. The number of benzene rings is 1. The van der Waals surface area contributed by atoms with Crippen LogP contribution in [0.2, 0.25) is 0 Å². The topological polar surface area (TPSA) is 56.0 Å². The molecular weight excluding hydrogens is 231 g/mol. The Hall–Kier alpha value is -1.60. The van der Waals surface area contributed by atoms with E-state index in [1.165, 1.54) is 6.07 Å². The second-order valence-corrected chi connectivity index (χ2v) is 4.86. The number of halogens is 1. The summed E-state index contributed by atoms with van der Waals surface area (Å²) in [6.45, 7) is 0.101. The molecular formula is C14H17FN2O. The Balaban J connectivity index is 2.27. The molecule has 0 bridgehead atoms. The Kier molecular flexibility index (Phi) is 3.83. The van der Waals surface area contributed by atoms with E-state index in [1.807, 2.05) is 6.07 Å². The number of nitrogens with zero attached hydrogens (tertiary/aromatic N) is 1. The number of hydrogen-bond donors (Lipinski definition) is 2. The molecule has 1 aromatic carbocycles. The van der Waals surface area contributed by atoms with Crippen molar-refractivity contribution >= 4 is 5.69 Å². The second kappa shape index (κ2) is 5.36. The second-order valence-electron chi connectivity index (χ2n) is 4.86. The van der Waals surface area contributed by atoms with Crippen molar-refractivity contribution in [2.75, 3.05) is 11.9 Å². The van der Waals surface area contributed by atoms with Gasteiger partial charge in [0.05, 0.1) is 5.69 Å². The van der Waals surface area contributed by atoms with Crippen molar-refractivity contribution in [2.45, 2.75) is 37.6 Å². The first kappa shape index (κ1) is 12.8. The zero-order chi connectivity index (χ0) is 13.0. The van der Waals surface area contributed by atoms with E-state index < -0.39 is 5.82 Å². The molecule has 0 atom stereocenters. The maximum absolute atomic E-state index is 13.5. The smallest absolute Gasteiger partial charge is 0.143 e. The standard InChI is InChI=1S/C14H17FN2O/c15-12-4-3-5-13(11(12)10-16)17-14(8-9-18)6-1-2-7-14/h3-5,17-18H,1-2,6-9H2.